The number of benzene rings is 1. The minimum atomic E-state index is 0.595. The molecule has 0 amide bonds. The first-order chi connectivity index (χ1) is 7.74. The number of nitrogens with zero attached hydrogens (tertiary/aromatic N) is 3. The fourth-order valence-corrected chi connectivity index (χ4v) is 2.13. The summed E-state index contributed by atoms with van der Waals surface area (Å²) < 4.78 is 1.95. The van der Waals surface area contributed by atoms with E-state index in [9.17, 15) is 0 Å². The summed E-state index contributed by atoms with van der Waals surface area (Å²) in [6, 6.07) is 5.41. The first kappa shape index (κ1) is 11.4. The fraction of sp³-hybridized carbons (Fsp3) is 0.273. The summed E-state index contributed by atoms with van der Waals surface area (Å²) in [6.07, 6.45) is 2.70. The molecule has 0 fully saturated rings. The van der Waals surface area contributed by atoms with Crippen LogP contribution in [0.1, 0.15) is 13.3 Å². The van der Waals surface area contributed by atoms with Crippen molar-refractivity contribution in [1.29, 1.82) is 0 Å². The summed E-state index contributed by atoms with van der Waals surface area (Å²) in [7, 11) is 0. The molecule has 0 bridgehead atoms. The average molecular weight is 256 g/mol. The van der Waals surface area contributed by atoms with E-state index in [1.54, 1.807) is 18.5 Å². The Hall–Kier alpha value is -1.06. The Morgan fingerprint density at radius 1 is 1.25 bits per heavy atom. The van der Waals surface area contributed by atoms with Gasteiger partial charge in [0.25, 0.3) is 0 Å². The van der Waals surface area contributed by atoms with Crippen LogP contribution in [0.4, 0.5) is 0 Å². The van der Waals surface area contributed by atoms with Gasteiger partial charge in [-0.2, -0.15) is 0 Å². The molecule has 5 heteroatoms. The minimum Gasteiger partial charge on any atom is -0.314 e. The molecule has 1 aromatic heterocycles. The van der Waals surface area contributed by atoms with Crippen LogP contribution in [0.15, 0.2) is 24.5 Å². The van der Waals surface area contributed by atoms with Gasteiger partial charge in [-0.15, -0.1) is 10.2 Å². The van der Waals surface area contributed by atoms with Gasteiger partial charge >= 0.3 is 0 Å². The molecule has 0 atom stereocenters. The maximum absolute atomic E-state index is 6.13. The molecule has 16 heavy (non-hydrogen) atoms. The molecule has 1 heterocycles. The highest BCUT2D eigenvalue weighted by Gasteiger charge is 2.13. The third-order valence-electron chi connectivity index (χ3n) is 2.27. The average Bonchev–Trinajstić information content (AvgIpc) is 2.67. The quantitative estimate of drug-likeness (QED) is 0.838. The highest BCUT2D eigenvalue weighted by molar-refractivity contribution is 6.38. The predicted octanol–water partition coefficient (Wildman–Crippen LogP) is 3.66. The lowest BCUT2D eigenvalue weighted by Gasteiger charge is -2.08. The van der Waals surface area contributed by atoms with Crippen LogP contribution in [-0.4, -0.2) is 14.8 Å². The Labute approximate surface area is 104 Å². The number of aryl methyl sites for hydroxylation is 1. The van der Waals surface area contributed by atoms with Crippen molar-refractivity contribution in [3.63, 3.8) is 0 Å². The SMILES string of the molecule is CCCn1cnnc1-c1c(Cl)cccc1Cl. The summed E-state index contributed by atoms with van der Waals surface area (Å²) in [4.78, 5) is 0. The molecule has 0 aliphatic carbocycles. The first-order valence-corrected chi connectivity index (χ1v) is 5.81. The van der Waals surface area contributed by atoms with E-state index >= 15 is 0 Å². The number of halogens is 2. The second-order valence-corrected chi connectivity index (χ2v) is 4.26. The van der Waals surface area contributed by atoms with E-state index in [1.165, 1.54) is 0 Å². The molecule has 0 unspecified atom stereocenters. The smallest absolute Gasteiger partial charge is 0.166 e. The van der Waals surface area contributed by atoms with Crippen molar-refractivity contribution >= 4 is 23.2 Å². The summed E-state index contributed by atoms with van der Waals surface area (Å²) in [5.41, 5.74) is 0.747. The highest BCUT2D eigenvalue weighted by Crippen LogP contribution is 2.33. The lowest BCUT2D eigenvalue weighted by molar-refractivity contribution is 0.683. The van der Waals surface area contributed by atoms with Gasteiger partial charge < -0.3 is 4.57 Å². The molecular weight excluding hydrogens is 245 g/mol. The number of hydrogen-bond donors (Lipinski definition) is 0. The molecule has 3 nitrogen and oxygen atoms in total. The lowest BCUT2D eigenvalue weighted by Crippen LogP contribution is -1.99. The Morgan fingerprint density at radius 2 is 1.94 bits per heavy atom. The Balaban J connectivity index is 2.54. The molecule has 0 N–H and O–H groups in total. The first-order valence-electron chi connectivity index (χ1n) is 5.06. The van der Waals surface area contributed by atoms with Gasteiger partial charge in [0.2, 0.25) is 0 Å². The molecule has 0 saturated carbocycles. The van der Waals surface area contributed by atoms with E-state index in [0.717, 1.165) is 24.4 Å². The maximum atomic E-state index is 6.13. The van der Waals surface area contributed by atoms with Gasteiger partial charge in [-0.3, -0.25) is 0 Å². The van der Waals surface area contributed by atoms with Crippen LogP contribution in [0.25, 0.3) is 11.4 Å². The lowest BCUT2D eigenvalue weighted by atomic mass is 10.2. The molecule has 2 rings (SSSR count). The van der Waals surface area contributed by atoms with Crippen LogP contribution in [0.5, 0.6) is 0 Å². The molecule has 0 aliphatic heterocycles. The highest BCUT2D eigenvalue weighted by atomic mass is 35.5. The number of rotatable bonds is 3. The van der Waals surface area contributed by atoms with Gasteiger partial charge in [0.05, 0.1) is 15.6 Å². The zero-order valence-electron chi connectivity index (χ0n) is 8.82. The van der Waals surface area contributed by atoms with E-state index in [2.05, 4.69) is 17.1 Å². The van der Waals surface area contributed by atoms with Gasteiger partial charge in [-0.1, -0.05) is 36.2 Å². The van der Waals surface area contributed by atoms with Crippen LogP contribution in [0.2, 0.25) is 10.0 Å². The van der Waals surface area contributed by atoms with Crippen LogP contribution in [0, 0.1) is 0 Å². The normalized spacial score (nSPS) is 10.7. The van der Waals surface area contributed by atoms with E-state index in [1.807, 2.05) is 10.6 Å². The summed E-state index contributed by atoms with van der Waals surface area (Å²) in [6.45, 7) is 2.95. The van der Waals surface area contributed by atoms with Gasteiger partial charge in [-0.25, -0.2) is 0 Å². The molecule has 0 spiro atoms. The van der Waals surface area contributed by atoms with Crippen LogP contribution < -0.4 is 0 Å². The Morgan fingerprint density at radius 3 is 2.56 bits per heavy atom. The van der Waals surface area contributed by atoms with Crippen molar-refractivity contribution in [2.75, 3.05) is 0 Å². The Kier molecular flexibility index (Phi) is 3.46. The fourth-order valence-electron chi connectivity index (χ4n) is 1.56. The standard InChI is InChI=1S/C11H11Cl2N3/c1-2-6-16-7-14-15-11(16)10-8(12)4-3-5-9(10)13/h3-5,7H,2,6H2,1H3. The van der Waals surface area contributed by atoms with E-state index in [-0.39, 0.29) is 0 Å². The van der Waals surface area contributed by atoms with Crippen LogP contribution in [-0.2, 0) is 6.54 Å². The molecule has 2 aromatic rings. The molecule has 0 radical (unpaired) electrons. The number of aromatic nitrogens is 3. The Bertz CT molecular complexity index is 473. The summed E-state index contributed by atoms with van der Waals surface area (Å²) in [5.74, 6) is 0.720. The topological polar surface area (TPSA) is 30.7 Å². The van der Waals surface area contributed by atoms with Crippen molar-refractivity contribution in [3.8, 4) is 11.4 Å². The second-order valence-electron chi connectivity index (χ2n) is 3.44. The van der Waals surface area contributed by atoms with Crippen molar-refractivity contribution in [2.24, 2.45) is 0 Å². The van der Waals surface area contributed by atoms with Gasteiger partial charge in [0.1, 0.15) is 6.33 Å². The van der Waals surface area contributed by atoms with Gasteiger partial charge in [0.15, 0.2) is 5.82 Å². The minimum absolute atomic E-state index is 0.595. The van der Waals surface area contributed by atoms with Crippen LogP contribution in [0.3, 0.4) is 0 Å². The van der Waals surface area contributed by atoms with Crippen molar-refractivity contribution < 1.29 is 0 Å². The van der Waals surface area contributed by atoms with Crippen molar-refractivity contribution in [3.05, 3.63) is 34.6 Å². The van der Waals surface area contributed by atoms with Gasteiger partial charge in [0, 0.05) is 6.54 Å². The second kappa shape index (κ2) is 4.85. The van der Waals surface area contributed by atoms with Crippen molar-refractivity contribution in [1.82, 2.24) is 14.8 Å². The monoisotopic (exact) mass is 255 g/mol. The third-order valence-corrected chi connectivity index (χ3v) is 2.90. The molecule has 1 aromatic carbocycles. The predicted molar refractivity (Wildman–Crippen MR) is 65.8 cm³/mol. The van der Waals surface area contributed by atoms with Crippen LogP contribution >= 0.6 is 23.2 Å². The maximum Gasteiger partial charge on any atom is 0.166 e. The largest absolute Gasteiger partial charge is 0.314 e. The zero-order chi connectivity index (χ0) is 11.5. The summed E-state index contributed by atoms with van der Waals surface area (Å²) >= 11 is 12.3. The molecule has 0 saturated heterocycles. The number of hydrogen-bond acceptors (Lipinski definition) is 2. The molecule has 0 aliphatic rings. The third kappa shape index (κ3) is 2.06. The van der Waals surface area contributed by atoms with E-state index < -0.39 is 0 Å². The molecular formula is C11H11Cl2N3. The molecule has 84 valence electrons. The van der Waals surface area contributed by atoms with E-state index in [4.69, 9.17) is 23.2 Å². The summed E-state index contributed by atoms with van der Waals surface area (Å²) in [5, 5.41) is 9.16. The zero-order valence-corrected chi connectivity index (χ0v) is 10.3. The van der Waals surface area contributed by atoms with E-state index in [0.29, 0.717) is 10.0 Å². The van der Waals surface area contributed by atoms with Gasteiger partial charge in [-0.05, 0) is 18.6 Å². The van der Waals surface area contributed by atoms with Crippen molar-refractivity contribution in [2.45, 2.75) is 19.9 Å².